The molecule has 2 atom stereocenters. The van der Waals surface area contributed by atoms with Crippen LogP contribution in [-0.2, 0) is 0 Å². The van der Waals surface area contributed by atoms with E-state index in [4.69, 9.17) is 0 Å². The highest BCUT2D eigenvalue weighted by atomic mass is 15.3. The first-order valence-corrected chi connectivity index (χ1v) is 6.27. The van der Waals surface area contributed by atoms with Gasteiger partial charge >= 0.3 is 0 Å². The quantitative estimate of drug-likeness (QED) is 0.710. The maximum Gasteiger partial charge on any atom is 0.0418 e. The summed E-state index contributed by atoms with van der Waals surface area (Å²) in [6.07, 6.45) is 2.74. The fraction of sp³-hybridized carbons (Fsp3) is 0.571. The molecule has 16 heavy (non-hydrogen) atoms. The van der Waals surface area contributed by atoms with E-state index in [1.807, 2.05) is 0 Å². The average Bonchev–Trinajstić information content (AvgIpc) is 2.31. The summed E-state index contributed by atoms with van der Waals surface area (Å²) in [5, 5.41) is 0. The van der Waals surface area contributed by atoms with E-state index in [9.17, 15) is 0 Å². The van der Waals surface area contributed by atoms with Gasteiger partial charge in [0.05, 0.1) is 0 Å². The largest absolute Gasteiger partial charge is 0.366 e. The second-order valence-corrected chi connectivity index (χ2v) is 5.31. The van der Waals surface area contributed by atoms with Crippen molar-refractivity contribution in [2.75, 3.05) is 25.0 Å². The molecule has 3 saturated heterocycles. The minimum atomic E-state index is 0.734. The molecule has 3 aliphatic rings. The highest BCUT2D eigenvalue weighted by Gasteiger charge is 2.36. The van der Waals surface area contributed by atoms with Crippen LogP contribution in [0.15, 0.2) is 24.3 Å². The summed E-state index contributed by atoms with van der Waals surface area (Å²) in [6, 6.07) is 10.5. The van der Waals surface area contributed by atoms with Gasteiger partial charge in [-0.15, -0.1) is 0 Å². The smallest absolute Gasteiger partial charge is 0.0418 e. The van der Waals surface area contributed by atoms with Crippen LogP contribution in [-0.4, -0.2) is 37.1 Å². The lowest BCUT2D eigenvalue weighted by atomic mass is 9.91. The van der Waals surface area contributed by atoms with Gasteiger partial charge in [0.15, 0.2) is 0 Å². The first-order valence-electron chi connectivity index (χ1n) is 6.27. The van der Waals surface area contributed by atoms with Gasteiger partial charge in [-0.3, -0.25) is 4.90 Å². The first-order chi connectivity index (χ1) is 7.74. The molecule has 86 valence electrons. The zero-order valence-electron chi connectivity index (χ0n) is 10.2. The highest BCUT2D eigenvalue weighted by Crippen LogP contribution is 2.31. The summed E-state index contributed by atoms with van der Waals surface area (Å²) >= 11 is 0. The molecule has 2 nitrogen and oxygen atoms in total. The van der Waals surface area contributed by atoms with Crippen molar-refractivity contribution >= 4 is 5.69 Å². The van der Waals surface area contributed by atoms with Crippen molar-refractivity contribution in [2.24, 2.45) is 0 Å². The second-order valence-electron chi connectivity index (χ2n) is 5.31. The molecule has 1 aromatic rings. The van der Waals surface area contributed by atoms with E-state index in [1.54, 1.807) is 0 Å². The third-order valence-corrected chi connectivity index (χ3v) is 4.17. The van der Waals surface area contributed by atoms with Crippen molar-refractivity contribution in [3.8, 4) is 0 Å². The zero-order valence-corrected chi connectivity index (χ0v) is 10.2. The van der Waals surface area contributed by atoms with E-state index < -0.39 is 0 Å². The van der Waals surface area contributed by atoms with Crippen molar-refractivity contribution in [1.82, 2.24) is 4.90 Å². The summed E-state index contributed by atoms with van der Waals surface area (Å²) in [5.74, 6) is 0. The van der Waals surface area contributed by atoms with Crippen LogP contribution in [0.3, 0.4) is 0 Å². The van der Waals surface area contributed by atoms with Crippen molar-refractivity contribution in [3.05, 3.63) is 29.8 Å². The number of likely N-dealkylation sites (N-methyl/N-ethyl adjacent to an activating group) is 1. The number of fused-ring (bicyclic) bond motifs is 3. The molecule has 3 fully saturated rings. The van der Waals surface area contributed by atoms with Crippen LogP contribution in [0.4, 0.5) is 5.69 Å². The van der Waals surface area contributed by atoms with Crippen LogP contribution in [0.25, 0.3) is 0 Å². The van der Waals surface area contributed by atoms with Crippen LogP contribution in [0.1, 0.15) is 18.4 Å². The first kappa shape index (κ1) is 10.2. The number of aryl methyl sites for hydroxylation is 1. The van der Waals surface area contributed by atoms with Gasteiger partial charge in [-0.25, -0.2) is 0 Å². The summed E-state index contributed by atoms with van der Waals surface area (Å²) < 4.78 is 0. The number of piperazine rings is 1. The van der Waals surface area contributed by atoms with Gasteiger partial charge < -0.3 is 4.90 Å². The van der Waals surface area contributed by atoms with E-state index in [1.165, 1.54) is 37.2 Å². The minimum Gasteiger partial charge on any atom is -0.366 e. The van der Waals surface area contributed by atoms with Crippen LogP contribution in [0.2, 0.25) is 0 Å². The van der Waals surface area contributed by atoms with Gasteiger partial charge in [0.25, 0.3) is 0 Å². The van der Waals surface area contributed by atoms with E-state index in [-0.39, 0.29) is 0 Å². The molecule has 1 aromatic carbocycles. The van der Waals surface area contributed by atoms with Gasteiger partial charge in [-0.05, 0) is 38.9 Å². The van der Waals surface area contributed by atoms with E-state index in [0.29, 0.717) is 0 Å². The van der Waals surface area contributed by atoms with Crippen molar-refractivity contribution in [1.29, 1.82) is 0 Å². The van der Waals surface area contributed by atoms with E-state index in [0.717, 1.165) is 12.1 Å². The molecule has 0 radical (unpaired) electrons. The monoisotopic (exact) mass is 216 g/mol. The summed E-state index contributed by atoms with van der Waals surface area (Å²) in [7, 11) is 2.27. The van der Waals surface area contributed by atoms with Crippen LogP contribution in [0, 0.1) is 6.92 Å². The summed E-state index contributed by atoms with van der Waals surface area (Å²) in [5.41, 5.74) is 2.76. The molecule has 0 spiro atoms. The molecule has 0 saturated carbocycles. The zero-order chi connectivity index (χ0) is 11.1. The van der Waals surface area contributed by atoms with Crippen molar-refractivity contribution < 1.29 is 0 Å². The Bertz CT molecular complexity index is 371. The number of hydrogen-bond acceptors (Lipinski definition) is 2. The Kier molecular flexibility index (Phi) is 2.40. The number of hydrogen-bond donors (Lipinski definition) is 0. The lowest BCUT2D eigenvalue weighted by Gasteiger charge is -2.51. The summed E-state index contributed by atoms with van der Waals surface area (Å²) in [4.78, 5) is 5.13. The van der Waals surface area contributed by atoms with Gasteiger partial charge in [0.1, 0.15) is 0 Å². The Morgan fingerprint density at radius 2 is 1.69 bits per heavy atom. The molecular formula is C14H20N2. The second kappa shape index (κ2) is 3.77. The molecule has 0 aliphatic carbocycles. The third kappa shape index (κ3) is 1.61. The van der Waals surface area contributed by atoms with E-state index in [2.05, 4.69) is 48.0 Å². The lowest BCUT2D eigenvalue weighted by Crippen LogP contribution is -2.61. The number of rotatable bonds is 1. The number of benzene rings is 1. The van der Waals surface area contributed by atoms with Gasteiger partial charge in [0, 0.05) is 30.9 Å². The van der Waals surface area contributed by atoms with Crippen LogP contribution < -0.4 is 4.90 Å². The predicted octanol–water partition coefficient (Wildman–Crippen LogP) is 2.28. The van der Waals surface area contributed by atoms with Crippen LogP contribution >= 0.6 is 0 Å². The Morgan fingerprint density at radius 3 is 2.25 bits per heavy atom. The maximum atomic E-state index is 2.60. The van der Waals surface area contributed by atoms with Gasteiger partial charge in [0.2, 0.25) is 0 Å². The van der Waals surface area contributed by atoms with Crippen LogP contribution in [0.5, 0.6) is 0 Å². The molecule has 2 unspecified atom stereocenters. The minimum absolute atomic E-state index is 0.734. The molecule has 0 aromatic heterocycles. The SMILES string of the molecule is Cc1ccc(N2CC3CCC2CN3C)cc1. The predicted molar refractivity (Wildman–Crippen MR) is 68.0 cm³/mol. The molecule has 3 heterocycles. The topological polar surface area (TPSA) is 6.48 Å². The Morgan fingerprint density at radius 1 is 1.00 bits per heavy atom. The fourth-order valence-corrected chi connectivity index (χ4v) is 3.09. The van der Waals surface area contributed by atoms with E-state index >= 15 is 0 Å². The number of anilines is 1. The standard InChI is InChI=1S/C14H20N2/c1-11-3-5-12(6-4-11)16-10-13-7-8-14(16)9-15(13)2/h3-6,13-14H,7-10H2,1-2H3. The van der Waals surface area contributed by atoms with Crippen molar-refractivity contribution in [3.63, 3.8) is 0 Å². The molecule has 4 rings (SSSR count). The molecule has 0 amide bonds. The number of piperidine rings is 2. The maximum absolute atomic E-state index is 2.60. The fourth-order valence-electron chi connectivity index (χ4n) is 3.09. The molecular weight excluding hydrogens is 196 g/mol. The van der Waals surface area contributed by atoms with Gasteiger partial charge in [-0.1, -0.05) is 17.7 Å². The Labute approximate surface area is 97.9 Å². The van der Waals surface area contributed by atoms with Crippen molar-refractivity contribution in [2.45, 2.75) is 31.8 Å². The van der Waals surface area contributed by atoms with Gasteiger partial charge in [-0.2, -0.15) is 0 Å². The summed E-state index contributed by atoms with van der Waals surface area (Å²) in [6.45, 7) is 4.60. The Hall–Kier alpha value is -1.02. The normalized spacial score (nSPS) is 29.8. The third-order valence-electron chi connectivity index (χ3n) is 4.17. The molecule has 2 bridgehead atoms. The molecule has 2 heteroatoms. The molecule has 0 N–H and O–H groups in total. The average molecular weight is 216 g/mol. The highest BCUT2D eigenvalue weighted by molar-refractivity contribution is 5.50. The number of nitrogens with zero attached hydrogens (tertiary/aromatic N) is 2. The Balaban J connectivity index is 1.84. The molecule has 3 aliphatic heterocycles. The lowest BCUT2D eigenvalue weighted by molar-refractivity contribution is 0.125.